The molecule has 0 aliphatic carbocycles. The Bertz CT molecular complexity index is 751. The molecule has 1 atom stereocenters. The van der Waals surface area contributed by atoms with Crippen molar-refractivity contribution < 1.29 is 14.7 Å². The molecule has 1 unspecified atom stereocenters. The number of hydrogen-bond donors (Lipinski definition) is 2. The number of anilines is 3. The minimum Gasteiger partial charge on any atom is -0.465 e. The Hall–Kier alpha value is -3.09. The van der Waals surface area contributed by atoms with Gasteiger partial charge in [0, 0.05) is 12.7 Å². The second-order valence-corrected chi connectivity index (χ2v) is 5.56. The topological polar surface area (TPSA) is 99.8 Å². The number of nitrogens with two attached hydrogens (primary N) is 1. The third kappa shape index (κ3) is 2.88. The maximum absolute atomic E-state index is 13.1. The van der Waals surface area contributed by atoms with Gasteiger partial charge in [0.2, 0.25) is 0 Å². The fourth-order valence-electron chi connectivity index (χ4n) is 2.93. The molecule has 7 heteroatoms. The van der Waals surface area contributed by atoms with Gasteiger partial charge in [-0.2, -0.15) is 0 Å². The molecule has 2 heterocycles. The molecule has 7 nitrogen and oxygen atoms in total. The first-order valence-electron chi connectivity index (χ1n) is 7.68. The highest BCUT2D eigenvalue weighted by Gasteiger charge is 2.38. The van der Waals surface area contributed by atoms with Crippen molar-refractivity contribution in [3.8, 4) is 0 Å². The van der Waals surface area contributed by atoms with Crippen LogP contribution in [0.5, 0.6) is 0 Å². The lowest BCUT2D eigenvalue weighted by molar-refractivity contribution is -0.121. The lowest BCUT2D eigenvalue weighted by Gasteiger charge is -2.29. The van der Waals surface area contributed by atoms with Gasteiger partial charge in [0.25, 0.3) is 5.91 Å². The van der Waals surface area contributed by atoms with E-state index in [1.54, 1.807) is 42.6 Å². The number of hydrogen-bond acceptors (Lipinski definition) is 4. The summed E-state index contributed by atoms with van der Waals surface area (Å²) in [5.74, 6) is -0.0301. The van der Waals surface area contributed by atoms with Gasteiger partial charge in [0.1, 0.15) is 6.04 Å². The van der Waals surface area contributed by atoms with Crippen molar-refractivity contribution in [1.82, 2.24) is 9.88 Å². The number of amides is 2. The molecule has 1 fully saturated rings. The molecule has 1 aliphatic heterocycles. The number of carboxylic acid groups (broad SMARTS) is 1. The molecule has 0 spiro atoms. The van der Waals surface area contributed by atoms with Crippen LogP contribution in [-0.2, 0) is 4.79 Å². The Morgan fingerprint density at radius 3 is 2.62 bits per heavy atom. The molecule has 2 amide bonds. The highest BCUT2D eigenvalue weighted by Crippen LogP contribution is 2.31. The van der Waals surface area contributed by atoms with Crippen molar-refractivity contribution in [2.45, 2.75) is 18.9 Å². The highest BCUT2D eigenvalue weighted by atomic mass is 16.4. The first-order chi connectivity index (χ1) is 11.6. The van der Waals surface area contributed by atoms with Crippen molar-refractivity contribution in [3.63, 3.8) is 0 Å². The summed E-state index contributed by atoms with van der Waals surface area (Å²) < 4.78 is 0. The third-order valence-electron chi connectivity index (χ3n) is 4.05. The van der Waals surface area contributed by atoms with Gasteiger partial charge in [-0.05, 0) is 37.1 Å². The van der Waals surface area contributed by atoms with E-state index in [2.05, 4.69) is 4.98 Å². The van der Waals surface area contributed by atoms with E-state index >= 15 is 0 Å². The molecule has 1 aliphatic rings. The van der Waals surface area contributed by atoms with Gasteiger partial charge in [0.15, 0.2) is 5.82 Å². The molecular weight excluding hydrogens is 308 g/mol. The zero-order valence-electron chi connectivity index (χ0n) is 13.0. The molecule has 1 saturated heterocycles. The van der Waals surface area contributed by atoms with Crippen LogP contribution in [0, 0.1) is 0 Å². The van der Waals surface area contributed by atoms with Gasteiger partial charge in [-0.15, -0.1) is 0 Å². The summed E-state index contributed by atoms with van der Waals surface area (Å²) in [5.41, 5.74) is 6.96. The van der Waals surface area contributed by atoms with E-state index in [9.17, 15) is 14.7 Å². The minimum absolute atomic E-state index is 0.311. The number of likely N-dealkylation sites (tertiary alicyclic amines) is 1. The fraction of sp³-hybridized carbons (Fsp3) is 0.235. The van der Waals surface area contributed by atoms with Gasteiger partial charge in [-0.1, -0.05) is 18.2 Å². The summed E-state index contributed by atoms with van der Waals surface area (Å²) in [6, 6.07) is 11.6. The smallest absolute Gasteiger partial charge is 0.407 e. The second-order valence-electron chi connectivity index (χ2n) is 5.56. The Morgan fingerprint density at radius 2 is 1.96 bits per heavy atom. The third-order valence-corrected chi connectivity index (χ3v) is 4.05. The standard InChI is InChI=1S/C17H18N4O3/c18-13-8-4-10-19-15(13)21(12-6-2-1-3-7-12)16(22)14-9-5-11-20(14)17(23)24/h1-4,6-8,10,14H,5,9,11,18H2,(H,23,24). The van der Waals surface area contributed by atoms with Gasteiger partial charge in [-0.25, -0.2) is 9.78 Å². The number of nitrogens with zero attached hydrogens (tertiary/aromatic N) is 3. The highest BCUT2D eigenvalue weighted by molar-refractivity contribution is 6.05. The fourth-order valence-corrected chi connectivity index (χ4v) is 2.93. The molecule has 0 bridgehead atoms. The zero-order chi connectivity index (χ0) is 17.1. The summed E-state index contributed by atoms with van der Waals surface area (Å²) in [4.78, 5) is 31.3. The van der Waals surface area contributed by atoms with E-state index in [4.69, 9.17) is 5.73 Å². The Kier molecular flexibility index (Phi) is 4.33. The molecule has 0 radical (unpaired) electrons. The predicted octanol–water partition coefficient (Wildman–Crippen LogP) is 2.47. The van der Waals surface area contributed by atoms with Gasteiger partial charge in [-0.3, -0.25) is 14.6 Å². The Balaban J connectivity index is 2.04. The summed E-state index contributed by atoms with van der Waals surface area (Å²) >= 11 is 0. The van der Waals surface area contributed by atoms with Gasteiger partial charge >= 0.3 is 6.09 Å². The number of para-hydroxylation sites is 1. The SMILES string of the molecule is Nc1cccnc1N(C(=O)C1CCCN1C(=O)O)c1ccccc1. The summed E-state index contributed by atoms with van der Waals surface area (Å²) in [6.45, 7) is 0.353. The van der Waals surface area contributed by atoms with Crippen LogP contribution in [0.15, 0.2) is 48.7 Å². The van der Waals surface area contributed by atoms with Crippen LogP contribution in [0.4, 0.5) is 22.0 Å². The molecule has 3 rings (SSSR count). The summed E-state index contributed by atoms with van der Waals surface area (Å²) in [6.07, 6.45) is 1.61. The zero-order valence-corrected chi connectivity index (χ0v) is 13.0. The lowest BCUT2D eigenvalue weighted by Crippen LogP contribution is -2.46. The molecule has 2 aromatic rings. The maximum atomic E-state index is 13.1. The molecule has 1 aromatic heterocycles. The van der Waals surface area contributed by atoms with Gasteiger partial charge < -0.3 is 10.8 Å². The molecule has 3 N–H and O–H groups in total. The van der Waals surface area contributed by atoms with E-state index < -0.39 is 12.1 Å². The largest absolute Gasteiger partial charge is 0.465 e. The number of carbonyl (C=O) groups is 2. The average molecular weight is 326 g/mol. The lowest BCUT2D eigenvalue weighted by atomic mass is 10.1. The van der Waals surface area contributed by atoms with E-state index in [1.807, 2.05) is 6.07 Å². The van der Waals surface area contributed by atoms with Crippen LogP contribution >= 0.6 is 0 Å². The number of rotatable bonds is 3. The monoisotopic (exact) mass is 326 g/mol. The van der Waals surface area contributed by atoms with E-state index in [1.165, 1.54) is 9.80 Å². The molecule has 1 aromatic carbocycles. The Labute approximate surface area is 139 Å². The number of aromatic nitrogens is 1. The van der Waals surface area contributed by atoms with E-state index in [0.717, 1.165) is 0 Å². The molecule has 24 heavy (non-hydrogen) atoms. The first kappa shape index (κ1) is 15.8. The maximum Gasteiger partial charge on any atom is 0.407 e. The number of benzene rings is 1. The predicted molar refractivity (Wildman–Crippen MR) is 90.0 cm³/mol. The minimum atomic E-state index is -1.09. The van der Waals surface area contributed by atoms with Crippen molar-refractivity contribution in [2.75, 3.05) is 17.2 Å². The quantitative estimate of drug-likeness (QED) is 0.902. The van der Waals surface area contributed by atoms with Crippen LogP contribution in [0.3, 0.4) is 0 Å². The number of carbonyl (C=O) groups excluding carboxylic acids is 1. The van der Waals surface area contributed by atoms with E-state index in [0.29, 0.717) is 36.6 Å². The van der Waals surface area contributed by atoms with Gasteiger partial charge in [0.05, 0.1) is 11.4 Å². The second kappa shape index (κ2) is 6.57. The average Bonchev–Trinajstić information content (AvgIpc) is 3.08. The van der Waals surface area contributed by atoms with Crippen molar-refractivity contribution in [1.29, 1.82) is 0 Å². The number of pyridine rings is 1. The van der Waals surface area contributed by atoms with E-state index in [-0.39, 0.29) is 5.91 Å². The normalized spacial score (nSPS) is 16.8. The van der Waals surface area contributed by atoms with Crippen molar-refractivity contribution in [3.05, 3.63) is 48.7 Å². The summed E-state index contributed by atoms with van der Waals surface area (Å²) in [7, 11) is 0. The molecule has 0 saturated carbocycles. The Morgan fingerprint density at radius 1 is 1.21 bits per heavy atom. The van der Waals surface area contributed by atoms with Crippen LogP contribution < -0.4 is 10.6 Å². The van der Waals surface area contributed by atoms with Crippen LogP contribution in [0.2, 0.25) is 0 Å². The van der Waals surface area contributed by atoms with Crippen molar-refractivity contribution in [2.24, 2.45) is 0 Å². The number of nitrogen functional groups attached to an aromatic ring is 1. The molecule has 124 valence electrons. The van der Waals surface area contributed by atoms with Crippen LogP contribution in [-0.4, -0.2) is 39.6 Å². The van der Waals surface area contributed by atoms with Crippen molar-refractivity contribution >= 4 is 29.2 Å². The van der Waals surface area contributed by atoms with Crippen LogP contribution in [0.1, 0.15) is 12.8 Å². The van der Waals surface area contributed by atoms with Crippen LogP contribution in [0.25, 0.3) is 0 Å². The molecular formula is C17H18N4O3. The first-order valence-corrected chi connectivity index (χ1v) is 7.68. The summed E-state index contributed by atoms with van der Waals surface area (Å²) in [5, 5.41) is 9.32.